The number of imidazole rings is 1. The third-order valence-corrected chi connectivity index (χ3v) is 1.81. The number of rotatable bonds is 3. The molecular weight excluding hydrogens is 158 g/mol. The van der Waals surface area contributed by atoms with Gasteiger partial charge >= 0.3 is 0 Å². The van der Waals surface area contributed by atoms with Crippen molar-refractivity contribution in [1.82, 2.24) is 9.55 Å². The second-order valence-corrected chi connectivity index (χ2v) is 2.52. The van der Waals surface area contributed by atoms with Gasteiger partial charge in [-0.3, -0.25) is 4.57 Å². The fourth-order valence-electron chi connectivity index (χ4n) is 0.883. The number of hydrogen-bond donors (Lipinski definition) is 1. The molecule has 4 heteroatoms. The molecule has 11 heavy (non-hydrogen) atoms. The van der Waals surface area contributed by atoms with E-state index in [9.17, 15) is 0 Å². The van der Waals surface area contributed by atoms with Crippen LogP contribution in [0.5, 0.6) is 0 Å². The van der Waals surface area contributed by atoms with Crippen LogP contribution in [0.25, 0.3) is 0 Å². The largest absolute Gasteiger partial charge is 0.321 e. The summed E-state index contributed by atoms with van der Waals surface area (Å²) in [4.78, 5) is 4.10. The Morgan fingerprint density at radius 1 is 1.91 bits per heavy atom. The van der Waals surface area contributed by atoms with E-state index in [0.29, 0.717) is 0 Å². The highest BCUT2D eigenvalue weighted by atomic mass is 32.1. The number of nitrogens with zero attached hydrogens (tertiary/aromatic N) is 2. The Balaban J connectivity index is 2.92. The van der Waals surface area contributed by atoms with Gasteiger partial charge in [0.05, 0.1) is 11.5 Å². The van der Waals surface area contributed by atoms with Gasteiger partial charge in [0, 0.05) is 12.4 Å². The lowest BCUT2D eigenvalue weighted by atomic mass is 10.2. The summed E-state index contributed by atoms with van der Waals surface area (Å²) >= 11 is 4.77. The van der Waals surface area contributed by atoms with Crippen molar-refractivity contribution in [3.05, 3.63) is 18.2 Å². The predicted octanol–water partition coefficient (Wildman–Crippen LogP) is 1.10. The van der Waals surface area contributed by atoms with Crippen LogP contribution >= 0.6 is 12.2 Å². The minimum absolute atomic E-state index is 0.0100. The Bertz CT molecular complexity index is 244. The Hall–Kier alpha value is -0.740. The van der Waals surface area contributed by atoms with Crippen molar-refractivity contribution in [3.63, 3.8) is 0 Å². The van der Waals surface area contributed by atoms with Crippen LogP contribution < -0.4 is 5.73 Å². The fourth-order valence-corrected chi connectivity index (χ4v) is 1.06. The quantitative estimate of drug-likeness (QED) is 0.689. The highest BCUT2D eigenvalue weighted by Crippen LogP contribution is 2.09. The summed E-state index contributed by atoms with van der Waals surface area (Å²) in [5, 5.41) is 0. The third kappa shape index (κ3) is 1.64. The molecule has 1 aromatic heterocycles. The Kier molecular flexibility index (Phi) is 2.73. The number of thiocarbonyl (C=S) groups is 1. The van der Waals surface area contributed by atoms with Crippen LogP contribution in [-0.2, 0) is 0 Å². The molecule has 3 nitrogen and oxygen atoms in total. The molecular formula is C7H11N3S. The molecule has 60 valence electrons. The SMILES string of the molecule is CCC(N)c1nccn1C=S. The zero-order chi connectivity index (χ0) is 8.27. The summed E-state index contributed by atoms with van der Waals surface area (Å²) in [6.07, 6.45) is 4.38. The monoisotopic (exact) mass is 169 g/mol. The molecule has 0 saturated carbocycles. The second kappa shape index (κ2) is 3.59. The summed E-state index contributed by atoms with van der Waals surface area (Å²) in [6.45, 7) is 2.02. The van der Waals surface area contributed by atoms with Crippen molar-refractivity contribution >= 4 is 17.7 Å². The van der Waals surface area contributed by atoms with Gasteiger partial charge in [-0.15, -0.1) is 0 Å². The topological polar surface area (TPSA) is 43.8 Å². The molecule has 1 heterocycles. The number of hydrogen-bond acceptors (Lipinski definition) is 3. The van der Waals surface area contributed by atoms with Crippen molar-refractivity contribution in [2.45, 2.75) is 19.4 Å². The van der Waals surface area contributed by atoms with E-state index in [4.69, 9.17) is 18.0 Å². The Morgan fingerprint density at radius 2 is 2.64 bits per heavy atom. The first kappa shape index (κ1) is 8.36. The van der Waals surface area contributed by atoms with Crippen molar-refractivity contribution < 1.29 is 0 Å². The summed E-state index contributed by atoms with van der Waals surface area (Å²) in [6, 6.07) is -0.0100. The van der Waals surface area contributed by atoms with E-state index in [1.54, 1.807) is 17.0 Å². The van der Waals surface area contributed by atoms with Crippen molar-refractivity contribution in [2.24, 2.45) is 5.73 Å². The summed E-state index contributed by atoms with van der Waals surface area (Å²) in [5.74, 6) is 0.836. The van der Waals surface area contributed by atoms with Gasteiger partial charge in [0.25, 0.3) is 0 Å². The first-order valence-corrected chi connectivity index (χ1v) is 4.00. The van der Waals surface area contributed by atoms with Gasteiger partial charge in [0.1, 0.15) is 5.82 Å². The van der Waals surface area contributed by atoms with Gasteiger partial charge < -0.3 is 5.73 Å². The number of nitrogens with two attached hydrogens (primary N) is 1. The molecule has 0 radical (unpaired) electrons. The molecule has 1 aromatic rings. The van der Waals surface area contributed by atoms with Crippen LogP contribution in [0.3, 0.4) is 0 Å². The van der Waals surface area contributed by atoms with Crippen molar-refractivity contribution in [3.8, 4) is 0 Å². The fraction of sp³-hybridized carbons (Fsp3) is 0.429. The van der Waals surface area contributed by atoms with E-state index in [2.05, 4.69) is 4.98 Å². The Labute approximate surface area is 71.2 Å². The third-order valence-electron chi connectivity index (χ3n) is 1.58. The maximum Gasteiger partial charge on any atom is 0.130 e. The van der Waals surface area contributed by atoms with E-state index < -0.39 is 0 Å². The Morgan fingerprint density at radius 3 is 3.18 bits per heavy atom. The van der Waals surface area contributed by atoms with Crippen LogP contribution in [0.1, 0.15) is 25.2 Å². The first-order valence-electron chi connectivity index (χ1n) is 3.53. The van der Waals surface area contributed by atoms with Crippen LogP contribution in [-0.4, -0.2) is 15.0 Å². The van der Waals surface area contributed by atoms with Crippen molar-refractivity contribution in [1.29, 1.82) is 0 Å². The molecule has 0 saturated heterocycles. The maximum absolute atomic E-state index is 5.77. The summed E-state index contributed by atoms with van der Waals surface area (Å²) in [5.41, 5.74) is 7.31. The lowest BCUT2D eigenvalue weighted by Crippen LogP contribution is -2.14. The summed E-state index contributed by atoms with van der Waals surface area (Å²) in [7, 11) is 0. The zero-order valence-electron chi connectivity index (χ0n) is 6.40. The average Bonchev–Trinajstić information content (AvgIpc) is 2.50. The number of aromatic nitrogens is 2. The summed E-state index contributed by atoms with van der Waals surface area (Å²) < 4.78 is 1.77. The van der Waals surface area contributed by atoms with Gasteiger partial charge in [-0.2, -0.15) is 0 Å². The molecule has 0 aliphatic heterocycles. The lowest BCUT2D eigenvalue weighted by molar-refractivity contribution is 0.647. The molecule has 0 aliphatic carbocycles. The van der Waals surface area contributed by atoms with Gasteiger partial charge in [-0.25, -0.2) is 4.98 Å². The van der Waals surface area contributed by atoms with Crippen LogP contribution in [0.15, 0.2) is 12.4 Å². The van der Waals surface area contributed by atoms with Crippen LogP contribution in [0, 0.1) is 0 Å². The van der Waals surface area contributed by atoms with Crippen LogP contribution in [0.2, 0.25) is 0 Å². The maximum atomic E-state index is 5.77. The molecule has 0 aliphatic rings. The van der Waals surface area contributed by atoms with E-state index in [0.717, 1.165) is 12.2 Å². The highest BCUT2D eigenvalue weighted by molar-refractivity contribution is 7.78. The molecule has 0 fully saturated rings. The average molecular weight is 169 g/mol. The smallest absolute Gasteiger partial charge is 0.130 e. The van der Waals surface area contributed by atoms with E-state index in [1.807, 2.05) is 6.92 Å². The molecule has 1 atom stereocenters. The first-order chi connectivity index (χ1) is 5.29. The van der Waals surface area contributed by atoms with Crippen molar-refractivity contribution in [2.75, 3.05) is 0 Å². The van der Waals surface area contributed by atoms with Gasteiger partial charge in [0.15, 0.2) is 0 Å². The lowest BCUT2D eigenvalue weighted by Gasteiger charge is -2.07. The molecule has 0 aromatic carbocycles. The van der Waals surface area contributed by atoms with E-state index in [1.165, 1.54) is 5.49 Å². The minimum atomic E-state index is -0.0100. The molecule has 0 amide bonds. The molecule has 0 bridgehead atoms. The highest BCUT2D eigenvalue weighted by Gasteiger charge is 2.07. The minimum Gasteiger partial charge on any atom is -0.321 e. The predicted molar refractivity (Wildman–Crippen MR) is 48.5 cm³/mol. The van der Waals surface area contributed by atoms with E-state index >= 15 is 0 Å². The van der Waals surface area contributed by atoms with Gasteiger partial charge in [0.2, 0.25) is 0 Å². The molecule has 2 N–H and O–H groups in total. The zero-order valence-corrected chi connectivity index (χ0v) is 7.21. The van der Waals surface area contributed by atoms with Gasteiger partial charge in [-0.05, 0) is 6.42 Å². The molecule has 1 rings (SSSR count). The standard InChI is InChI=1S/C7H11N3S/c1-2-6(8)7-9-3-4-10(7)5-11/h3-6H,2,8H2,1H3. The van der Waals surface area contributed by atoms with E-state index in [-0.39, 0.29) is 6.04 Å². The molecule has 1 unspecified atom stereocenters. The second-order valence-electron chi connectivity index (χ2n) is 2.31. The normalized spacial score (nSPS) is 12.9. The van der Waals surface area contributed by atoms with Gasteiger partial charge in [-0.1, -0.05) is 19.1 Å². The molecule has 0 spiro atoms. The van der Waals surface area contributed by atoms with Crippen LogP contribution in [0.4, 0.5) is 0 Å².